The van der Waals surface area contributed by atoms with Gasteiger partial charge in [0.05, 0.1) is 5.69 Å². The molecule has 1 fully saturated rings. The van der Waals surface area contributed by atoms with Crippen LogP contribution < -0.4 is 5.32 Å². The first-order valence-electron chi connectivity index (χ1n) is 8.54. The van der Waals surface area contributed by atoms with Crippen molar-refractivity contribution >= 4 is 5.91 Å². The number of carbonyl (C=O) groups is 1. The van der Waals surface area contributed by atoms with E-state index in [-0.39, 0.29) is 5.91 Å². The van der Waals surface area contributed by atoms with Crippen molar-refractivity contribution in [1.29, 1.82) is 0 Å². The summed E-state index contributed by atoms with van der Waals surface area (Å²) in [6.45, 7) is 2.53. The summed E-state index contributed by atoms with van der Waals surface area (Å²) >= 11 is 0. The summed E-state index contributed by atoms with van der Waals surface area (Å²) in [6, 6.07) is 9.88. The molecular weight excluding hydrogens is 316 g/mol. The van der Waals surface area contributed by atoms with Gasteiger partial charge < -0.3 is 9.73 Å². The first-order chi connectivity index (χ1) is 12.2. The average molecular weight is 336 g/mol. The molecule has 2 heterocycles. The molecule has 2 aromatic heterocycles. The molecule has 0 atom stereocenters. The van der Waals surface area contributed by atoms with Gasteiger partial charge in [0.25, 0.3) is 5.91 Å². The summed E-state index contributed by atoms with van der Waals surface area (Å²) in [5.41, 5.74) is 4.47. The average Bonchev–Trinajstić information content (AvgIpc) is 3.16. The number of nitrogens with zero attached hydrogens (tertiary/aromatic N) is 2. The highest BCUT2D eigenvalue weighted by Gasteiger charge is 2.26. The van der Waals surface area contributed by atoms with Gasteiger partial charge in [0.15, 0.2) is 0 Å². The minimum Gasteiger partial charge on any atom is -0.444 e. The molecule has 1 aliphatic carbocycles. The first kappa shape index (κ1) is 15.6. The van der Waals surface area contributed by atoms with E-state index in [0.717, 1.165) is 17.0 Å². The minimum atomic E-state index is -0.162. The van der Waals surface area contributed by atoms with Crippen LogP contribution in [0.3, 0.4) is 0 Å². The van der Waals surface area contributed by atoms with Crippen molar-refractivity contribution in [3.8, 4) is 11.5 Å². The van der Waals surface area contributed by atoms with Gasteiger partial charge in [-0.3, -0.25) is 9.89 Å². The molecule has 1 saturated carbocycles. The number of benzene rings is 1. The summed E-state index contributed by atoms with van der Waals surface area (Å²) in [5, 5.41) is 9.90. The molecule has 0 saturated heterocycles. The summed E-state index contributed by atoms with van der Waals surface area (Å²) in [7, 11) is 0. The third-order valence-electron chi connectivity index (χ3n) is 4.36. The Balaban J connectivity index is 1.30. The second kappa shape index (κ2) is 6.55. The van der Waals surface area contributed by atoms with E-state index in [9.17, 15) is 4.79 Å². The number of H-pyrrole nitrogens is 1. The van der Waals surface area contributed by atoms with Crippen LogP contribution >= 0.6 is 0 Å². The van der Waals surface area contributed by atoms with Gasteiger partial charge in [-0.1, -0.05) is 17.7 Å². The summed E-state index contributed by atoms with van der Waals surface area (Å²) in [4.78, 5) is 16.6. The number of hydrogen-bond donors (Lipinski definition) is 2. The molecule has 2 N–H and O–H groups in total. The van der Waals surface area contributed by atoms with Crippen LogP contribution in [0, 0.1) is 6.92 Å². The Morgan fingerprint density at radius 2 is 2.12 bits per heavy atom. The van der Waals surface area contributed by atoms with Crippen molar-refractivity contribution in [2.24, 2.45) is 0 Å². The summed E-state index contributed by atoms with van der Waals surface area (Å²) in [5.74, 6) is 0.998. The van der Waals surface area contributed by atoms with E-state index in [0.29, 0.717) is 30.5 Å². The lowest BCUT2D eigenvalue weighted by Gasteiger charge is -2.00. The molecule has 4 rings (SSSR count). The molecule has 0 spiro atoms. The first-order valence-corrected chi connectivity index (χ1v) is 8.54. The zero-order valence-corrected chi connectivity index (χ0v) is 14.1. The fraction of sp³-hybridized carbons (Fsp3) is 0.316. The number of oxazole rings is 1. The van der Waals surface area contributed by atoms with Crippen molar-refractivity contribution in [2.45, 2.75) is 32.1 Å². The Hall–Kier alpha value is -2.89. The predicted molar refractivity (Wildman–Crippen MR) is 93.3 cm³/mol. The molecule has 25 heavy (non-hydrogen) atoms. The second-order valence-corrected chi connectivity index (χ2v) is 6.50. The normalized spacial score (nSPS) is 13.8. The Bertz CT molecular complexity index is 875. The highest BCUT2D eigenvalue weighted by Crippen LogP contribution is 2.38. The number of rotatable bonds is 6. The van der Waals surface area contributed by atoms with Gasteiger partial charge in [0.1, 0.15) is 12.0 Å². The van der Waals surface area contributed by atoms with Crippen LogP contribution in [0.1, 0.15) is 46.2 Å². The number of carbonyl (C=O) groups excluding carboxylic acids is 1. The van der Waals surface area contributed by atoms with Crippen molar-refractivity contribution in [2.75, 3.05) is 6.54 Å². The maximum Gasteiger partial charge on any atom is 0.271 e. The van der Waals surface area contributed by atoms with E-state index < -0.39 is 0 Å². The molecular formula is C19H20N4O2. The van der Waals surface area contributed by atoms with Crippen molar-refractivity contribution < 1.29 is 9.21 Å². The van der Waals surface area contributed by atoms with Crippen molar-refractivity contribution in [1.82, 2.24) is 20.5 Å². The molecule has 1 aliphatic rings. The van der Waals surface area contributed by atoms with Crippen LogP contribution in [0.15, 0.2) is 41.0 Å². The van der Waals surface area contributed by atoms with Crippen molar-refractivity contribution in [3.63, 3.8) is 0 Å². The molecule has 6 heteroatoms. The number of hydrogen-bond acceptors (Lipinski definition) is 4. The van der Waals surface area contributed by atoms with Gasteiger partial charge in [0.2, 0.25) is 5.89 Å². The lowest BCUT2D eigenvalue weighted by Crippen LogP contribution is -2.26. The van der Waals surface area contributed by atoms with Gasteiger partial charge >= 0.3 is 0 Å². The summed E-state index contributed by atoms with van der Waals surface area (Å²) < 4.78 is 5.53. The van der Waals surface area contributed by atoms with Crippen LogP contribution in [0.5, 0.6) is 0 Å². The Kier molecular flexibility index (Phi) is 4.09. The molecule has 3 aromatic rings. The zero-order valence-electron chi connectivity index (χ0n) is 14.1. The number of aryl methyl sites for hydroxylation is 1. The minimum absolute atomic E-state index is 0.162. The Labute approximate surface area is 145 Å². The molecule has 1 aromatic carbocycles. The Morgan fingerprint density at radius 3 is 2.88 bits per heavy atom. The maximum atomic E-state index is 12.1. The number of nitrogens with one attached hydrogen (secondary N) is 2. The predicted octanol–water partition coefficient (Wildman–Crippen LogP) is 3.22. The van der Waals surface area contributed by atoms with Crippen LogP contribution in [-0.2, 0) is 6.42 Å². The smallest absolute Gasteiger partial charge is 0.271 e. The van der Waals surface area contributed by atoms with Crippen molar-refractivity contribution in [3.05, 3.63) is 59.2 Å². The molecule has 6 nitrogen and oxygen atoms in total. The van der Waals surface area contributed by atoms with E-state index in [1.54, 1.807) is 6.26 Å². The number of aromatic nitrogens is 3. The third-order valence-corrected chi connectivity index (χ3v) is 4.36. The van der Waals surface area contributed by atoms with Crippen LogP contribution in [0.25, 0.3) is 11.5 Å². The summed E-state index contributed by atoms with van der Waals surface area (Å²) in [6.07, 6.45) is 4.61. The highest BCUT2D eigenvalue weighted by molar-refractivity contribution is 5.92. The Morgan fingerprint density at radius 1 is 1.32 bits per heavy atom. The maximum absolute atomic E-state index is 12.1. The second-order valence-electron chi connectivity index (χ2n) is 6.50. The van der Waals surface area contributed by atoms with E-state index in [1.165, 1.54) is 18.4 Å². The molecule has 0 bridgehead atoms. The van der Waals surface area contributed by atoms with Gasteiger partial charge in [0, 0.05) is 30.1 Å². The fourth-order valence-electron chi connectivity index (χ4n) is 2.70. The number of aromatic amines is 1. The zero-order chi connectivity index (χ0) is 17.2. The van der Waals surface area contributed by atoms with Crippen LogP contribution in [0.4, 0.5) is 0 Å². The topological polar surface area (TPSA) is 83.8 Å². The quantitative estimate of drug-likeness (QED) is 0.724. The van der Waals surface area contributed by atoms with E-state index in [2.05, 4.69) is 20.5 Å². The lowest BCUT2D eigenvalue weighted by atomic mass is 10.1. The van der Waals surface area contributed by atoms with E-state index >= 15 is 0 Å². The SMILES string of the molecule is Cc1ccc(-c2nc(CCNC(=O)c3cc(C4CC4)[nH]n3)co2)cc1. The van der Waals surface area contributed by atoms with Gasteiger partial charge in [-0.15, -0.1) is 0 Å². The van der Waals surface area contributed by atoms with Gasteiger partial charge in [-0.2, -0.15) is 5.10 Å². The standard InChI is InChI=1S/C19H20N4O2/c1-12-2-4-14(5-3-12)19-21-15(11-25-19)8-9-20-18(24)17-10-16(22-23-17)13-6-7-13/h2-5,10-11,13H,6-9H2,1H3,(H,20,24)(H,22,23). The van der Waals surface area contributed by atoms with Gasteiger partial charge in [-0.05, 0) is 38.0 Å². The molecule has 128 valence electrons. The monoisotopic (exact) mass is 336 g/mol. The van der Waals surface area contributed by atoms with E-state index in [1.807, 2.05) is 37.3 Å². The van der Waals surface area contributed by atoms with Gasteiger partial charge in [-0.25, -0.2) is 4.98 Å². The van der Waals surface area contributed by atoms with Crippen LogP contribution in [-0.4, -0.2) is 27.6 Å². The van der Waals surface area contributed by atoms with Crippen LogP contribution in [0.2, 0.25) is 0 Å². The molecule has 0 radical (unpaired) electrons. The molecule has 0 aliphatic heterocycles. The number of amides is 1. The fourth-order valence-corrected chi connectivity index (χ4v) is 2.70. The lowest BCUT2D eigenvalue weighted by molar-refractivity contribution is 0.0949. The highest BCUT2D eigenvalue weighted by atomic mass is 16.3. The third kappa shape index (κ3) is 3.63. The molecule has 0 unspecified atom stereocenters. The largest absolute Gasteiger partial charge is 0.444 e. The molecule has 1 amide bonds. The van der Waals surface area contributed by atoms with E-state index in [4.69, 9.17) is 4.42 Å².